The van der Waals surface area contributed by atoms with Crippen LogP contribution in [0.25, 0.3) is 22.3 Å². The first-order valence-electron chi connectivity index (χ1n) is 28.0. The average Bonchev–Trinajstić information content (AvgIpc) is 3.93. The van der Waals surface area contributed by atoms with Crippen molar-refractivity contribution in [3.63, 3.8) is 0 Å². The minimum atomic E-state index is -2.20. The first-order chi connectivity index (χ1) is 38.8. The lowest BCUT2D eigenvalue weighted by atomic mass is 9.98. The summed E-state index contributed by atoms with van der Waals surface area (Å²) in [6.45, 7) is 25.7. The first kappa shape index (κ1) is 62.3. The Morgan fingerprint density at radius 1 is 0.537 bits per heavy atom. The highest BCUT2D eigenvalue weighted by Crippen LogP contribution is 2.49. The lowest BCUT2D eigenvalue weighted by Gasteiger charge is -2.37. The molecule has 16 heteroatoms. The Morgan fingerprint density at radius 3 is 1.18 bits per heavy atom. The Balaban J connectivity index is 0.000000236. The van der Waals surface area contributed by atoms with Crippen molar-refractivity contribution >= 4 is 35.1 Å². The Hall–Kier alpha value is -7.28. The Bertz CT molecular complexity index is 3160. The minimum Gasteiger partial charge on any atom is -0.541 e. The summed E-state index contributed by atoms with van der Waals surface area (Å²) in [6, 6.07) is 35.1. The van der Waals surface area contributed by atoms with Crippen molar-refractivity contribution in [3.8, 4) is 56.8 Å². The topological polar surface area (TPSA) is 169 Å². The average molecular weight is 1150 g/mol. The number of methoxy groups -OCH3 is 4. The molecule has 2 aliphatic rings. The van der Waals surface area contributed by atoms with Gasteiger partial charge < -0.3 is 57.8 Å². The van der Waals surface area contributed by atoms with E-state index in [1.165, 1.54) is 11.1 Å². The van der Waals surface area contributed by atoms with Crippen molar-refractivity contribution in [2.75, 3.05) is 48.3 Å². The van der Waals surface area contributed by atoms with Crippen molar-refractivity contribution in [1.29, 1.82) is 0 Å². The molecule has 0 heterocycles. The summed E-state index contributed by atoms with van der Waals surface area (Å²) >= 11 is 0. The molecule has 14 nitrogen and oxygen atoms in total. The number of aliphatic hydroxyl groups excluding tert-OH is 1. The van der Waals surface area contributed by atoms with E-state index in [1.54, 1.807) is 28.4 Å². The van der Waals surface area contributed by atoms with Crippen LogP contribution in [0.5, 0.6) is 34.5 Å². The van der Waals surface area contributed by atoms with Crippen LogP contribution in [0, 0.1) is 13.8 Å². The number of aliphatic hydroxyl groups is 1. The van der Waals surface area contributed by atoms with Crippen molar-refractivity contribution < 1.29 is 56.8 Å². The number of benzene rings is 6. The van der Waals surface area contributed by atoms with Crippen LogP contribution < -0.4 is 38.4 Å². The zero-order valence-corrected chi connectivity index (χ0v) is 52.8. The van der Waals surface area contributed by atoms with Gasteiger partial charge in [-0.25, -0.2) is 9.59 Å². The van der Waals surface area contributed by atoms with Gasteiger partial charge in [0.1, 0.15) is 42.5 Å². The van der Waals surface area contributed by atoms with Gasteiger partial charge in [-0.3, -0.25) is 0 Å². The molecule has 2 unspecified atom stereocenters. The van der Waals surface area contributed by atoms with Crippen LogP contribution in [0.3, 0.4) is 0 Å². The highest BCUT2D eigenvalue weighted by atomic mass is 28.4. The SMILES string of the molecule is COc1c(CC(C=O)NC(=O)OCC2c3ccccc3-c3ccccc32)cc(O[Si](C)(C)C(C)(C)C)c(OC)c1C.COc1c(CC(CO)NC(=O)OCC2c3ccccc3-c3ccccc32)cc(O[Si](C)(C)C(C)(C)C)c(OC)c1C. The molecule has 3 N–H and O–H groups in total. The highest BCUT2D eigenvalue weighted by Gasteiger charge is 2.42. The maximum atomic E-state index is 13.0. The molecule has 0 fully saturated rings. The molecule has 0 saturated carbocycles. The summed E-state index contributed by atoms with van der Waals surface area (Å²) in [6.07, 6.45) is 0.0196. The van der Waals surface area contributed by atoms with Crippen molar-refractivity contribution in [3.05, 3.63) is 154 Å². The molecule has 0 aliphatic heterocycles. The number of hydrogen-bond acceptors (Lipinski definition) is 12. The van der Waals surface area contributed by atoms with Crippen molar-refractivity contribution in [2.45, 2.75) is 128 Å². The predicted molar refractivity (Wildman–Crippen MR) is 329 cm³/mol. The largest absolute Gasteiger partial charge is 0.541 e. The monoisotopic (exact) mass is 1150 g/mol. The molecule has 0 saturated heterocycles. The summed E-state index contributed by atoms with van der Waals surface area (Å²) < 4.78 is 47.6. The van der Waals surface area contributed by atoms with Gasteiger partial charge in [0.15, 0.2) is 11.5 Å². The van der Waals surface area contributed by atoms with Gasteiger partial charge in [-0.1, -0.05) is 139 Å². The van der Waals surface area contributed by atoms with Gasteiger partial charge in [-0.15, -0.1) is 0 Å². The van der Waals surface area contributed by atoms with Crippen LogP contribution in [0.15, 0.2) is 109 Å². The fourth-order valence-corrected chi connectivity index (χ4v) is 12.4. The van der Waals surface area contributed by atoms with Gasteiger partial charge >= 0.3 is 12.2 Å². The Kier molecular flexibility index (Phi) is 19.7. The minimum absolute atomic E-state index is 0.00863. The number of alkyl carbamates (subject to hydrolysis) is 2. The number of rotatable bonds is 20. The second-order valence-electron chi connectivity index (χ2n) is 24.1. The van der Waals surface area contributed by atoms with E-state index in [4.69, 9.17) is 37.3 Å². The van der Waals surface area contributed by atoms with Crippen LogP contribution in [-0.4, -0.2) is 101 Å². The van der Waals surface area contributed by atoms with Gasteiger partial charge in [0.2, 0.25) is 0 Å². The molecule has 0 aromatic heterocycles. The van der Waals surface area contributed by atoms with Crippen LogP contribution in [0.4, 0.5) is 9.59 Å². The zero-order chi connectivity index (χ0) is 59.9. The molecule has 2 atom stereocenters. The van der Waals surface area contributed by atoms with Crippen molar-refractivity contribution in [2.24, 2.45) is 0 Å². The van der Waals surface area contributed by atoms with E-state index in [0.29, 0.717) is 40.9 Å². The number of carbonyl (C=O) groups excluding carboxylic acids is 3. The molecule has 8 rings (SSSR count). The summed E-state index contributed by atoms with van der Waals surface area (Å²) in [5, 5.41) is 15.8. The normalized spacial score (nSPS) is 13.6. The maximum absolute atomic E-state index is 13.0. The van der Waals surface area contributed by atoms with Crippen LogP contribution >= 0.6 is 0 Å². The number of aldehydes is 1. The van der Waals surface area contributed by atoms with E-state index < -0.39 is 40.9 Å². The summed E-state index contributed by atoms with van der Waals surface area (Å²) in [4.78, 5) is 38.0. The van der Waals surface area contributed by atoms with Gasteiger partial charge in [0, 0.05) is 40.5 Å². The summed E-state index contributed by atoms with van der Waals surface area (Å²) in [5.41, 5.74) is 12.3. The first-order valence-corrected chi connectivity index (χ1v) is 33.8. The molecule has 0 spiro atoms. The smallest absolute Gasteiger partial charge is 0.407 e. The van der Waals surface area contributed by atoms with E-state index in [2.05, 4.69) is 127 Å². The summed E-state index contributed by atoms with van der Waals surface area (Å²) in [7, 11) is 2.03. The number of ether oxygens (including phenoxy) is 6. The molecule has 0 radical (unpaired) electrons. The van der Waals surface area contributed by atoms with Gasteiger partial charge in [-0.05, 0) is 113 Å². The van der Waals surface area contributed by atoms with E-state index in [-0.39, 0.29) is 48.2 Å². The van der Waals surface area contributed by atoms with E-state index in [0.717, 1.165) is 61.9 Å². The molecule has 2 aliphatic carbocycles. The second kappa shape index (κ2) is 25.9. The van der Waals surface area contributed by atoms with Gasteiger partial charge in [0.25, 0.3) is 16.6 Å². The van der Waals surface area contributed by atoms with E-state index in [9.17, 15) is 19.5 Å². The number of fused-ring (bicyclic) bond motifs is 6. The third-order valence-electron chi connectivity index (χ3n) is 16.8. The molecule has 0 bridgehead atoms. The number of amides is 2. The third kappa shape index (κ3) is 13.5. The number of carbonyl (C=O) groups is 3. The van der Waals surface area contributed by atoms with Crippen LogP contribution in [0.1, 0.15) is 97.9 Å². The fourth-order valence-electron chi connectivity index (χ4n) is 10.4. The van der Waals surface area contributed by atoms with E-state index >= 15 is 0 Å². The number of hydrogen-bond donors (Lipinski definition) is 3. The quantitative estimate of drug-likeness (QED) is 0.0489. The Labute approximate surface area is 487 Å². The van der Waals surface area contributed by atoms with Gasteiger partial charge in [0.05, 0.1) is 47.1 Å². The maximum Gasteiger partial charge on any atom is 0.407 e. The molecule has 438 valence electrons. The van der Waals surface area contributed by atoms with E-state index in [1.807, 2.05) is 74.5 Å². The molecule has 6 aromatic rings. The lowest BCUT2D eigenvalue weighted by Crippen LogP contribution is -2.44. The van der Waals surface area contributed by atoms with Crippen LogP contribution in [0.2, 0.25) is 36.3 Å². The van der Waals surface area contributed by atoms with Crippen molar-refractivity contribution in [1.82, 2.24) is 10.6 Å². The van der Waals surface area contributed by atoms with Gasteiger partial charge in [-0.2, -0.15) is 0 Å². The third-order valence-corrected chi connectivity index (χ3v) is 25.5. The Morgan fingerprint density at radius 2 is 0.866 bits per heavy atom. The predicted octanol–water partition coefficient (Wildman–Crippen LogP) is 13.9. The standard InChI is InChI=1S/C33H43NO6Si.C33H41NO6Si/c2*1-21-30(37-5)22(18-29(31(21)38-6)40-41(7,8)33(2,3)4)17-23(19-35)34-32(36)39-20-28-26-15-11-9-13-24(26)25-14-10-12-16-27(25)28/h9-16,18,23,28,35H,17,19-20H2,1-8H3,(H,34,36);9-16,18-19,23,28H,17,20H2,1-8H3,(H,34,36). The van der Waals surface area contributed by atoms with Crippen LogP contribution in [-0.2, 0) is 27.1 Å². The molecule has 6 aromatic carbocycles. The summed E-state index contributed by atoms with van der Waals surface area (Å²) in [5.74, 6) is 3.59. The lowest BCUT2D eigenvalue weighted by molar-refractivity contribution is -0.109. The molecular weight excluding hydrogens is 1070 g/mol. The molecule has 82 heavy (non-hydrogen) atoms. The molecular formula is C66H84N2O12Si2. The fraction of sp³-hybridized carbons (Fsp3) is 0.409. The second-order valence-corrected chi connectivity index (χ2v) is 33.6. The molecule has 2 amide bonds. The zero-order valence-electron chi connectivity index (χ0n) is 50.8. The highest BCUT2D eigenvalue weighted by molar-refractivity contribution is 6.75. The number of nitrogens with one attached hydrogen (secondary N) is 2.